The molecule has 7 nitrogen and oxygen atoms in total. The number of benzene rings is 1. The van der Waals surface area contributed by atoms with Crippen LogP contribution in [0.2, 0.25) is 0 Å². The van der Waals surface area contributed by atoms with Crippen LogP contribution < -0.4 is 10.3 Å². The average Bonchev–Trinajstić information content (AvgIpc) is 3.18. The molecule has 4 heterocycles. The molecule has 2 bridgehead atoms. The van der Waals surface area contributed by atoms with Crippen molar-refractivity contribution < 1.29 is 9.84 Å². The molecule has 2 fully saturated rings. The summed E-state index contributed by atoms with van der Waals surface area (Å²) in [4.78, 5) is 18.3. The zero-order valence-electron chi connectivity index (χ0n) is 18.4. The summed E-state index contributed by atoms with van der Waals surface area (Å²) in [6, 6.07) is 10.0. The molecule has 2 aromatic heterocycles. The van der Waals surface area contributed by atoms with Crippen LogP contribution >= 0.6 is 0 Å². The molecule has 0 radical (unpaired) electrons. The van der Waals surface area contributed by atoms with Crippen molar-refractivity contribution in [1.82, 2.24) is 19.7 Å². The van der Waals surface area contributed by atoms with Crippen molar-refractivity contribution >= 4 is 10.9 Å². The first kappa shape index (κ1) is 20.3. The van der Waals surface area contributed by atoms with Crippen LogP contribution in [0.4, 0.5) is 0 Å². The molecule has 0 saturated carbocycles. The van der Waals surface area contributed by atoms with Crippen LogP contribution in [0.5, 0.6) is 5.75 Å². The van der Waals surface area contributed by atoms with Gasteiger partial charge in [0.1, 0.15) is 5.75 Å². The van der Waals surface area contributed by atoms with Crippen molar-refractivity contribution in [2.45, 2.75) is 70.3 Å². The fourth-order valence-corrected chi connectivity index (χ4v) is 5.57. The number of aliphatic hydroxyl groups is 1. The van der Waals surface area contributed by atoms with E-state index in [1.54, 1.807) is 13.2 Å². The molecule has 164 valence electrons. The van der Waals surface area contributed by atoms with Gasteiger partial charge in [0.15, 0.2) is 0 Å². The molecule has 0 unspecified atom stereocenters. The van der Waals surface area contributed by atoms with E-state index in [9.17, 15) is 9.90 Å². The second kappa shape index (κ2) is 7.50. The molecular formula is C24H30N4O3. The molecule has 7 heteroatoms. The van der Waals surface area contributed by atoms with Gasteiger partial charge in [0.05, 0.1) is 24.9 Å². The van der Waals surface area contributed by atoms with E-state index in [1.807, 2.05) is 13.0 Å². The fourth-order valence-electron chi connectivity index (χ4n) is 5.57. The predicted molar refractivity (Wildman–Crippen MR) is 119 cm³/mol. The van der Waals surface area contributed by atoms with Crippen LogP contribution in [0.1, 0.15) is 42.6 Å². The van der Waals surface area contributed by atoms with Crippen LogP contribution in [0.15, 0.2) is 35.1 Å². The Morgan fingerprint density at radius 1 is 1.19 bits per heavy atom. The van der Waals surface area contributed by atoms with Gasteiger partial charge in [-0.05, 0) is 69.4 Å². The maximum atomic E-state index is 12.2. The van der Waals surface area contributed by atoms with Crippen molar-refractivity contribution in [2.75, 3.05) is 7.11 Å². The highest BCUT2D eigenvalue weighted by molar-refractivity contribution is 5.85. The maximum absolute atomic E-state index is 12.2. The van der Waals surface area contributed by atoms with Crippen LogP contribution in [0.25, 0.3) is 10.9 Å². The summed E-state index contributed by atoms with van der Waals surface area (Å²) in [5, 5.41) is 16.9. The third-order valence-electron chi connectivity index (χ3n) is 7.16. The van der Waals surface area contributed by atoms with E-state index in [0.29, 0.717) is 24.9 Å². The average molecular weight is 423 g/mol. The first-order valence-electron chi connectivity index (χ1n) is 11.0. The SMILES string of the molecule is COc1ccc2[nH]c(CN3[C@@H]4CC[C@@H]3CC(O)(Cn3nc(C)ccc3=O)C4)c(C)c2c1. The molecule has 31 heavy (non-hydrogen) atoms. The summed E-state index contributed by atoms with van der Waals surface area (Å²) in [5.74, 6) is 0.865. The van der Waals surface area contributed by atoms with Gasteiger partial charge in [-0.1, -0.05) is 0 Å². The molecule has 0 amide bonds. The summed E-state index contributed by atoms with van der Waals surface area (Å²) >= 11 is 0. The Morgan fingerprint density at radius 2 is 1.94 bits per heavy atom. The Labute approximate surface area is 181 Å². The number of nitrogens with one attached hydrogen (secondary N) is 1. The Hall–Kier alpha value is -2.64. The molecular weight excluding hydrogens is 392 g/mol. The van der Waals surface area contributed by atoms with E-state index in [-0.39, 0.29) is 12.1 Å². The van der Waals surface area contributed by atoms with Gasteiger partial charge in [-0.25, -0.2) is 4.68 Å². The number of aryl methyl sites for hydroxylation is 2. The lowest BCUT2D eigenvalue weighted by Crippen LogP contribution is -2.53. The Morgan fingerprint density at radius 3 is 2.65 bits per heavy atom. The Bertz CT molecular complexity index is 1170. The summed E-state index contributed by atoms with van der Waals surface area (Å²) in [6.45, 7) is 5.13. The number of fused-ring (bicyclic) bond motifs is 3. The summed E-state index contributed by atoms with van der Waals surface area (Å²) in [7, 11) is 1.69. The highest BCUT2D eigenvalue weighted by Crippen LogP contribution is 2.42. The van der Waals surface area contributed by atoms with Gasteiger partial charge in [0.25, 0.3) is 5.56 Å². The Balaban J connectivity index is 1.36. The van der Waals surface area contributed by atoms with Crippen molar-refractivity contribution in [3.63, 3.8) is 0 Å². The quantitative estimate of drug-likeness (QED) is 0.661. The van der Waals surface area contributed by atoms with Crippen LogP contribution in [-0.4, -0.2) is 49.6 Å². The minimum atomic E-state index is -0.893. The Kier molecular flexibility index (Phi) is 4.90. The third kappa shape index (κ3) is 3.66. The normalized spacial score (nSPS) is 25.9. The minimum Gasteiger partial charge on any atom is -0.497 e. The molecule has 2 saturated heterocycles. The molecule has 2 atom stereocenters. The van der Waals surface area contributed by atoms with Gasteiger partial charge < -0.3 is 14.8 Å². The number of aromatic amines is 1. The third-order valence-corrected chi connectivity index (χ3v) is 7.16. The highest BCUT2D eigenvalue weighted by atomic mass is 16.5. The number of methoxy groups -OCH3 is 1. The van der Waals surface area contributed by atoms with Crippen molar-refractivity contribution in [2.24, 2.45) is 0 Å². The van der Waals surface area contributed by atoms with Gasteiger partial charge in [-0.15, -0.1) is 0 Å². The number of hydrogen-bond acceptors (Lipinski definition) is 5. The molecule has 3 aromatic rings. The number of ether oxygens (including phenoxy) is 1. The number of H-pyrrole nitrogens is 1. The summed E-state index contributed by atoms with van der Waals surface area (Å²) in [5.41, 5.74) is 3.34. The lowest BCUT2D eigenvalue weighted by molar-refractivity contribution is -0.0680. The lowest BCUT2D eigenvalue weighted by atomic mass is 9.85. The molecule has 2 N–H and O–H groups in total. The van der Waals surface area contributed by atoms with E-state index < -0.39 is 5.60 Å². The second-order valence-electron chi connectivity index (χ2n) is 9.30. The van der Waals surface area contributed by atoms with E-state index in [0.717, 1.165) is 36.3 Å². The van der Waals surface area contributed by atoms with Gasteiger partial charge >= 0.3 is 0 Å². The molecule has 1 aromatic carbocycles. The highest BCUT2D eigenvalue weighted by Gasteiger charge is 2.48. The fraction of sp³-hybridized carbons (Fsp3) is 0.500. The van der Waals surface area contributed by atoms with E-state index in [1.165, 1.54) is 27.4 Å². The largest absolute Gasteiger partial charge is 0.497 e. The standard InChI is InChI=1S/C24H30N4O3/c1-15-4-9-23(29)28(26-15)14-24(30)11-17-5-6-18(12-24)27(17)13-22-16(2)20-10-19(31-3)7-8-21(20)25-22/h4,7-10,17-18,25,30H,5-6,11-14H2,1-3H3/t17-,18-/m1/s1. The van der Waals surface area contributed by atoms with Crippen molar-refractivity contribution in [3.05, 3.63) is 57.6 Å². The first-order valence-corrected chi connectivity index (χ1v) is 11.0. The topological polar surface area (TPSA) is 83.4 Å². The number of piperidine rings is 1. The zero-order chi connectivity index (χ0) is 21.8. The van der Waals surface area contributed by atoms with Gasteiger partial charge in [-0.2, -0.15) is 5.10 Å². The van der Waals surface area contributed by atoms with Crippen molar-refractivity contribution in [3.8, 4) is 5.75 Å². The lowest BCUT2D eigenvalue weighted by Gasteiger charge is -2.43. The number of hydrogen-bond donors (Lipinski definition) is 2. The van der Waals surface area contributed by atoms with Gasteiger partial charge in [0, 0.05) is 41.3 Å². The van der Waals surface area contributed by atoms with Crippen molar-refractivity contribution in [1.29, 1.82) is 0 Å². The van der Waals surface area contributed by atoms with Crippen LogP contribution in [-0.2, 0) is 13.1 Å². The smallest absolute Gasteiger partial charge is 0.266 e. The summed E-state index contributed by atoms with van der Waals surface area (Å²) in [6.07, 6.45) is 3.49. The molecule has 0 aliphatic carbocycles. The molecule has 2 aliphatic heterocycles. The number of aromatic nitrogens is 3. The van der Waals surface area contributed by atoms with Gasteiger partial charge in [0.2, 0.25) is 0 Å². The number of nitrogens with zero attached hydrogens (tertiary/aromatic N) is 3. The van der Waals surface area contributed by atoms with E-state index in [2.05, 4.69) is 34.0 Å². The van der Waals surface area contributed by atoms with Crippen LogP contribution in [0.3, 0.4) is 0 Å². The second-order valence-corrected chi connectivity index (χ2v) is 9.30. The molecule has 2 aliphatic rings. The minimum absolute atomic E-state index is 0.155. The van der Waals surface area contributed by atoms with Gasteiger partial charge in [-0.3, -0.25) is 9.69 Å². The first-order chi connectivity index (χ1) is 14.8. The molecule has 0 spiro atoms. The summed E-state index contributed by atoms with van der Waals surface area (Å²) < 4.78 is 6.82. The van der Waals surface area contributed by atoms with E-state index in [4.69, 9.17) is 4.74 Å². The maximum Gasteiger partial charge on any atom is 0.266 e. The number of rotatable bonds is 5. The zero-order valence-corrected chi connectivity index (χ0v) is 18.4. The van der Waals surface area contributed by atoms with E-state index >= 15 is 0 Å². The van der Waals surface area contributed by atoms with Crippen LogP contribution in [0, 0.1) is 13.8 Å². The monoisotopic (exact) mass is 422 g/mol. The predicted octanol–water partition coefficient (Wildman–Crippen LogP) is 2.91. The molecule has 5 rings (SSSR count).